The van der Waals surface area contributed by atoms with Crippen molar-refractivity contribution in [3.8, 4) is 0 Å². The maximum absolute atomic E-state index is 12.1. The van der Waals surface area contributed by atoms with E-state index in [9.17, 15) is 4.79 Å². The molecule has 0 saturated carbocycles. The smallest absolute Gasteiger partial charge is 0.253 e. The molecule has 17 heavy (non-hydrogen) atoms. The van der Waals surface area contributed by atoms with E-state index in [1.807, 2.05) is 25.2 Å². The Morgan fingerprint density at radius 2 is 2.12 bits per heavy atom. The third kappa shape index (κ3) is 4.19. The Morgan fingerprint density at radius 1 is 1.35 bits per heavy atom. The van der Waals surface area contributed by atoms with Gasteiger partial charge in [-0.3, -0.25) is 4.79 Å². The third-order valence-corrected chi connectivity index (χ3v) is 2.80. The summed E-state index contributed by atoms with van der Waals surface area (Å²) in [5, 5.41) is 3.21. The van der Waals surface area contributed by atoms with Crippen LogP contribution in [0.15, 0.2) is 24.3 Å². The van der Waals surface area contributed by atoms with Gasteiger partial charge in [-0.2, -0.15) is 0 Å². The van der Waals surface area contributed by atoms with E-state index in [2.05, 4.69) is 25.2 Å². The second-order valence-electron chi connectivity index (χ2n) is 4.13. The molecule has 0 saturated heterocycles. The molecule has 0 spiro atoms. The van der Waals surface area contributed by atoms with Gasteiger partial charge in [0.1, 0.15) is 0 Å². The van der Waals surface area contributed by atoms with Crippen LogP contribution in [0.25, 0.3) is 0 Å². The SMILES string of the molecule is CCNCCN(C)C(=O)c1cccc(CC)c1. The minimum atomic E-state index is 0.0956. The third-order valence-electron chi connectivity index (χ3n) is 2.80. The van der Waals surface area contributed by atoms with Crippen LogP contribution < -0.4 is 5.32 Å². The number of amides is 1. The van der Waals surface area contributed by atoms with Gasteiger partial charge in [-0.1, -0.05) is 26.0 Å². The number of carbonyl (C=O) groups is 1. The highest BCUT2D eigenvalue weighted by molar-refractivity contribution is 5.94. The van der Waals surface area contributed by atoms with Gasteiger partial charge in [-0.25, -0.2) is 0 Å². The van der Waals surface area contributed by atoms with Crippen LogP contribution in [0.2, 0.25) is 0 Å². The molecule has 1 aromatic rings. The topological polar surface area (TPSA) is 32.3 Å². The first-order valence-electron chi connectivity index (χ1n) is 6.24. The summed E-state index contributed by atoms with van der Waals surface area (Å²) in [5.74, 6) is 0.0956. The van der Waals surface area contributed by atoms with Crippen LogP contribution in [0.3, 0.4) is 0 Å². The van der Waals surface area contributed by atoms with E-state index in [-0.39, 0.29) is 5.91 Å². The Kier molecular flexibility index (Phi) is 5.70. The lowest BCUT2D eigenvalue weighted by atomic mass is 10.1. The number of hydrogen-bond acceptors (Lipinski definition) is 2. The highest BCUT2D eigenvalue weighted by Gasteiger charge is 2.10. The Labute approximate surface area is 104 Å². The molecule has 1 N–H and O–H groups in total. The maximum Gasteiger partial charge on any atom is 0.253 e. The largest absolute Gasteiger partial charge is 0.340 e. The predicted octanol–water partition coefficient (Wildman–Crippen LogP) is 1.93. The van der Waals surface area contributed by atoms with Gasteiger partial charge in [-0.05, 0) is 30.7 Å². The first-order chi connectivity index (χ1) is 8.19. The van der Waals surface area contributed by atoms with Crippen LogP contribution in [0.4, 0.5) is 0 Å². The van der Waals surface area contributed by atoms with E-state index in [1.165, 1.54) is 5.56 Å². The Hall–Kier alpha value is -1.35. The van der Waals surface area contributed by atoms with E-state index in [1.54, 1.807) is 4.90 Å². The first kappa shape index (κ1) is 13.7. The molecule has 1 amide bonds. The van der Waals surface area contributed by atoms with Crippen molar-refractivity contribution in [1.29, 1.82) is 0 Å². The number of hydrogen-bond donors (Lipinski definition) is 1. The van der Waals surface area contributed by atoms with Crippen LogP contribution in [0.5, 0.6) is 0 Å². The van der Waals surface area contributed by atoms with E-state index >= 15 is 0 Å². The zero-order chi connectivity index (χ0) is 12.7. The molecule has 3 nitrogen and oxygen atoms in total. The van der Waals surface area contributed by atoms with Gasteiger partial charge < -0.3 is 10.2 Å². The minimum absolute atomic E-state index is 0.0956. The van der Waals surface area contributed by atoms with Crippen LogP contribution in [-0.2, 0) is 6.42 Å². The second kappa shape index (κ2) is 7.07. The lowest BCUT2D eigenvalue weighted by molar-refractivity contribution is 0.0796. The molecule has 94 valence electrons. The van der Waals surface area contributed by atoms with Crippen molar-refractivity contribution >= 4 is 5.91 Å². The highest BCUT2D eigenvalue weighted by atomic mass is 16.2. The zero-order valence-electron chi connectivity index (χ0n) is 11.0. The van der Waals surface area contributed by atoms with Crippen LogP contribution in [0.1, 0.15) is 29.8 Å². The van der Waals surface area contributed by atoms with Crippen molar-refractivity contribution in [1.82, 2.24) is 10.2 Å². The monoisotopic (exact) mass is 234 g/mol. The summed E-state index contributed by atoms with van der Waals surface area (Å²) in [6.45, 7) is 6.67. The molecule has 0 radical (unpaired) electrons. The summed E-state index contributed by atoms with van der Waals surface area (Å²) < 4.78 is 0. The average Bonchev–Trinajstić information content (AvgIpc) is 2.38. The van der Waals surface area contributed by atoms with E-state index < -0.39 is 0 Å². The average molecular weight is 234 g/mol. The van der Waals surface area contributed by atoms with Gasteiger partial charge in [-0.15, -0.1) is 0 Å². The van der Waals surface area contributed by atoms with Crippen molar-refractivity contribution in [3.63, 3.8) is 0 Å². The zero-order valence-corrected chi connectivity index (χ0v) is 11.0. The van der Waals surface area contributed by atoms with Gasteiger partial charge >= 0.3 is 0 Å². The van der Waals surface area contributed by atoms with Crippen molar-refractivity contribution in [3.05, 3.63) is 35.4 Å². The van der Waals surface area contributed by atoms with E-state index in [0.717, 1.165) is 31.6 Å². The van der Waals surface area contributed by atoms with E-state index in [0.29, 0.717) is 0 Å². The normalized spacial score (nSPS) is 10.3. The Bertz CT molecular complexity index is 363. The number of aryl methyl sites for hydroxylation is 1. The van der Waals surface area contributed by atoms with Crippen LogP contribution in [0, 0.1) is 0 Å². The summed E-state index contributed by atoms with van der Waals surface area (Å²) in [4.78, 5) is 13.9. The molecule has 0 aliphatic carbocycles. The van der Waals surface area contributed by atoms with Gasteiger partial charge in [0, 0.05) is 25.7 Å². The fraction of sp³-hybridized carbons (Fsp3) is 0.500. The molecule has 1 rings (SSSR count). The molecule has 3 heteroatoms. The molecule has 0 bridgehead atoms. The van der Waals surface area contributed by atoms with Crippen molar-refractivity contribution in [2.75, 3.05) is 26.7 Å². The van der Waals surface area contributed by atoms with Crippen LogP contribution in [-0.4, -0.2) is 37.5 Å². The molecular formula is C14H22N2O. The number of carbonyl (C=O) groups excluding carboxylic acids is 1. The number of rotatable bonds is 6. The van der Waals surface area contributed by atoms with Gasteiger partial charge in [0.2, 0.25) is 0 Å². The number of nitrogens with one attached hydrogen (secondary N) is 1. The predicted molar refractivity (Wildman–Crippen MR) is 71.3 cm³/mol. The van der Waals surface area contributed by atoms with Crippen molar-refractivity contribution in [2.45, 2.75) is 20.3 Å². The summed E-state index contributed by atoms with van der Waals surface area (Å²) >= 11 is 0. The molecule has 0 aromatic heterocycles. The summed E-state index contributed by atoms with van der Waals surface area (Å²) in [6.07, 6.45) is 0.961. The standard InChI is InChI=1S/C14H22N2O/c1-4-12-7-6-8-13(11-12)14(17)16(3)10-9-15-5-2/h6-8,11,15H,4-5,9-10H2,1-3H3. The van der Waals surface area contributed by atoms with Gasteiger partial charge in [0.25, 0.3) is 5.91 Å². The molecule has 0 aliphatic heterocycles. The molecule has 0 aliphatic rings. The number of nitrogens with zero attached hydrogens (tertiary/aromatic N) is 1. The molecule has 1 aromatic carbocycles. The molecule has 0 atom stereocenters. The second-order valence-corrected chi connectivity index (χ2v) is 4.13. The lowest BCUT2D eigenvalue weighted by Crippen LogP contribution is -2.33. The maximum atomic E-state index is 12.1. The quantitative estimate of drug-likeness (QED) is 0.763. The summed E-state index contributed by atoms with van der Waals surface area (Å²) in [5.41, 5.74) is 1.99. The van der Waals surface area contributed by atoms with Crippen molar-refractivity contribution in [2.24, 2.45) is 0 Å². The number of benzene rings is 1. The van der Waals surface area contributed by atoms with Crippen LogP contribution >= 0.6 is 0 Å². The van der Waals surface area contributed by atoms with Gasteiger partial charge in [0.05, 0.1) is 0 Å². The van der Waals surface area contributed by atoms with E-state index in [4.69, 9.17) is 0 Å². The van der Waals surface area contributed by atoms with Crippen molar-refractivity contribution < 1.29 is 4.79 Å². The fourth-order valence-electron chi connectivity index (χ4n) is 1.67. The summed E-state index contributed by atoms with van der Waals surface area (Å²) in [6, 6.07) is 7.86. The molecule has 0 unspecified atom stereocenters. The Balaban J connectivity index is 2.61. The minimum Gasteiger partial charge on any atom is -0.340 e. The lowest BCUT2D eigenvalue weighted by Gasteiger charge is -2.17. The highest BCUT2D eigenvalue weighted by Crippen LogP contribution is 2.08. The Morgan fingerprint density at radius 3 is 2.76 bits per heavy atom. The molecule has 0 fully saturated rings. The first-order valence-corrected chi connectivity index (χ1v) is 6.24. The molecule has 0 heterocycles. The molecular weight excluding hydrogens is 212 g/mol. The fourth-order valence-corrected chi connectivity index (χ4v) is 1.67. The summed E-state index contributed by atoms with van der Waals surface area (Å²) in [7, 11) is 1.85. The van der Waals surface area contributed by atoms with Gasteiger partial charge in [0.15, 0.2) is 0 Å². The number of likely N-dealkylation sites (N-methyl/N-ethyl adjacent to an activating group) is 2.